The van der Waals surface area contributed by atoms with Crippen molar-refractivity contribution in [1.29, 1.82) is 0 Å². The highest BCUT2D eigenvalue weighted by atomic mass is 79.9. The van der Waals surface area contributed by atoms with Crippen LogP contribution in [0.1, 0.15) is 5.56 Å². The highest BCUT2D eigenvalue weighted by molar-refractivity contribution is 9.10. The Bertz CT molecular complexity index is 622. The van der Waals surface area contributed by atoms with E-state index >= 15 is 0 Å². The first kappa shape index (κ1) is 14.4. The molecule has 0 spiro atoms. The molecule has 0 aromatic heterocycles. The molecule has 0 aliphatic heterocycles. The monoisotopic (exact) mass is 363 g/mol. The molecule has 0 fully saturated rings. The van der Waals surface area contributed by atoms with Gasteiger partial charge in [-0.25, -0.2) is 4.39 Å². The van der Waals surface area contributed by atoms with Crippen LogP contribution in [0, 0.1) is 5.82 Å². The maximum Gasteiger partial charge on any atom is 0.139 e. The largest absolute Gasteiger partial charge is 0.506 e. The van der Waals surface area contributed by atoms with E-state index in [0.717, 1.165) is 0 Å². The van der Waals surface area contributed by atoms with Crippen LogP contribution in [0.25, 0.3) is 0 Å². The van der Waals surface area contributed by atoms with Gasteiger partial charge >= 0.3 is 0 Å². The maximum atomic E-state index is 12.9. The van der Waals surface area contributed by atoms with Crippen LogP contribution in [0.15, 0.2) is 34.8 Å². The predicted octanol–water partition coefficient (Wildman–Crippen LogP) is 5.21. The molecule has 2 rings (SSSR count). The fourth-order valence-corrected chi connectivity index (χ4v) is 2.60. The van der Waals surface area contributed by atoms with Crippen LogP contribution in [-0.4, -0.2) is 5.11 Å². The van der Waals surface area contributed by atoms with Gasteiger partial charge in [-0.2, -0.15) is 0 Å². The zero-order valence-electron chi connectivity index (χ0n) is 9.55. The van der Waals surface area contributed by atoms with Crippen LogP contribution in [-0.2, 0) is 6.54 Å². The fourth-order valence-electron chi connectivity index (χ4n) is 1.58. The molecule has 100 valence electrons. The quantitative estimate of drug-likeness (QED) is 0.783. The minimum Gasteiger partial charge on any atom is -0.506 e. The normalized spacial score (nSPS) is 10.5. The molecule has 0 bridgehead atoms. The van der Waals surface area contributed by atoms with Gasteiger partial charge in [0.05, 0.1) is 5.02 Å². The van der Waals surface area contributed by atoms with Crippen molar-refractivity contribution < 1.29 is 9.50 Å². The van der Waals surface area contributed by atoms with Gasteiger partial charge in [0.1, 0.15) is 11.6 Å². The molecule has 0 saturated heterocycles. The summed E-state index contributed by atoms with van der Waals surface area (Å²) < 4.78 is 13.5. The van der Waals surface area contributed by atoms with E-state index < -0.39 is 0 Å². The maximum absolute atomic E-state index is 12.9. The van der Waals surface area contributed by atoms with E-state index in [0.29, 0.717) is 27.3 Å². The molecule has 0 heterocycles. The van der Waals surface area contributed by atoms with Crippen LogP contribution >= 0.6 is 39.1 Å². The van der Waals surface area contributed by atoms with E-state index in [-0.39, 0.29) is 16.6 Å². The third-order valence-corrected chi connectivity index (χ3v) is 3.67. The molecule has 2 aromatic rings. The average molecular weight is 365 g/mol. The van der Waals surface area contributed by atoms with E-state index in [1.807, 2.05) is 0 Å². The Labute approximate surface area is 128 Å². The van der Waals surface area contributed by atoms with Crippen LogP contribution in [0.4, 0.5) is 10.1 Å². The first-order chi connectivity index (χ1) is 8.97. The summed E-state index contributed by atoms with van der Waals surface area (Å²) in [6, 6.07) is 7.39. The van der Waals surface area contributed by atoms with Gasteiger partial charge in [0.15, 0.2) is 0 Å². The van der Waals surface area contributed by atoms with Gasteiger partial charge in [0.25, 0.3) is 0 Å². The number of phenols is 1. The number of hydrogen-bond donors (Lipinski definition) is 2. The summed E-state index contributed by atoms with van der Waals surface area (Å²) in [6.45, 7) is 0.316. The van der Waals surface area contributed by atoms with Crippen LogP contribution in [0.2, 0.25) is 10.0 Å². The van der Waals surface area contributed by atoms with Crippen molar-refractivity contribution in [1.82, 2.24) is 0 Å². The summed E-state index contributed by atoms with van der Waals surface area (Å²) in [5, 5.41) is 13.5. The van der Waals surface area contributed by atoms with Gasteiger partial charge in [0, 0.05) is 27.3 Å². The van der Waals surface area contributed by atoms with Crippen molar-refractivity contribution in [2.24, 2.45) is 0 Å². The first-order valence-electron chi connectivity index (χ1n) is 5.33. The van der Waals surface area contributed by atoms with Crippen molar-refractivity contribution >= 4 is 44.8 Å². The highest BCUT2D eigenvalue weighted by Crippen LogP contribution is 2.32. The van der Waals surface area contributed by atoms with Crippen molar-refractivity contribution in [3.8, 4) is 5.75 Å². The second kappa shape index (κ2) is 5.99. The minimum atomic E-state index is -0.328. The van der Waals surface area contributed by atoms with Crippen LogP contribution < -0.4 is 5.32 Å². The number of anilines is 1. The van der Waals surface area contributed by atoms with Gasteiger partial charge in [-0.1, -0.05) is 23.2 Å². The second-order valence-electron chi connectivity index (χ2n) is 3.87. The van der Waals surface area contributed by atoms with E-state index in [1.165, 1.54) is 18.2 Å². The Morgan fingerprint density at radius 2 is 1.95 bits per heavy atom. The Balaban J connectivity index is 2.19. The SMILES string of the molecule is Oc1c(Cl)cc(Cl)cc1CNc1ccc(F)cc1Br. The number of phenolic OH excluding ortho intramolecular Hbond substituents is 1. The van der Waals surface area contributed by atoms with Gasteiger partial charge in [0.2, 0.25) is 0 Å². The number of benzene rings is 2. The first-order valence-corrected chi connectivity index (χ1v) is 6.88. The summed E-state index contributed by atoms with van der Waals surface area (Å²) in [5.74, 6) is -0.345. The number of halogens is 4. The molecule has 0 radical (unpaired) electrons. The van der Waals surface area contributed by atoms with Crippen molar-refractivity contribution in [2.45, 2.75) is 6.54 Å². The van der Waals surface area contributed by atoms with E-state index in [2.05, 4.69) is 21.2 Å². The number of aromatic hydroxyl groups is 1. The van der Waals surface area contributed by atoms with Gasteiger partial charge in [-0.15, -0.1) is 0 Å². The zero-order valence-corrected chi connectivity index (χ0v) is 12.7. The molecule has 0 saturated carbocycles. The van der Waals surface area contributed by atoms with Crippen molar-refractivity contribution in [2.75, 3.05) is 5.32 Å². The lowest BCUT2D eigenvalue weighted by atomic mass is 10.2. The molecule has 2 nitrogen and oxygen atoms in total. The molecular weight excluding hydrogens is 356 g/mol. The van der Waals surface area contributed by atoms with E-state index in [9.17, 15) is 9.50 Å². The molecule has 0 amide bonds. The Morgan fingerprint density at radius 3 is 2.63 bits per heavy atom. The number of nitrogens with one attached hydrogen (secondary N) is 1. The smallest absolute Gasteiger partial charge is 0.139 e. The lowest BCUT2D eigenvalue weighted by Gasteiger charge is -2.11. The molecule has 2 aromatic carbocycles. The molecule has 0 aliphatic carbocycles. The molecule has 0 aliphatic rings. The molecular formula is C13H9BrCl2FNO. The Hall–Kier alpha value is -0.970. The van der Waals surface area contributed by atoms with Gasteiger partial charge in [-0.05, 0) is 46.3 Å². The van der Waals surface area contributed by atoms with Gasteiger partial charge in [-0.3, -0.25) is 0 Å². The van der Waals surface area contributed by atoms with Crippen molar-refractivity contribution in [3.63, 3.8) is 0 Å². The third-order valence-electron chi connectivity index (χ3n) is 2.51. The lowest BCUT2D eigenvalue weighted by molar-refractivity contribution is 0.469. The number of rotatable bonds is 3. The summed E-state index contributed by atoms with van der Waals surface area (Å²) in [5.41, 5.74) is 1.27. The molecule has 19 heavy (non-hydrogen) atoms. The van der Waals surface area contributed by atoms with Gasteiger partial charge < -0.3 is 10.4 Å². The number of hydrogen-bond acceptors (Lipinski definition) is 2. The lowest BCUT2D eigenvalue weighted by Crippen LogP contribution is -2.01. The van der Waals surface area contributed by atoms with Crippen LogP contribution in [0.5, 0.6) is 5.75 Å². The molecule has 0 unspecified atom stereocenters. The standard InChI is InChI=1S/C13H9BrCl2FNO/c14-10-5-9(17)1-2-12(10)18-6-7-3-8(15)4-11(16)13(7)19/h1-5,18-19H,6H2. The molecule has 2 N–H and O–H groups in total. The van der Waals surface area contributed by atoms with E-state index in [4.69, 9.17) is 23.2 Å². The summed E-state index contributed by atoms with van der Waals surface area (Å²) in [6.07, 6.45) is 0. The molecule has 6 heteroatoms. The highest BCUT2D eigenvalue weighted by Gasteiger charge is 2.08. The predicted molar refractivity (Wildman–Crippen MR) is 79.6 cm³/mol. The Kier molecular flexibility index (Phi) is 4.55. The minimum absolute atomic E-state index is 0.0169. The van der Waals surface area contributed by atoms with Crippen molar-refractivity contribution in [3.05, 3.63) is 56.2 Å². The second-order valence-corrected chi connectivity index (χ2v) is 5.57. The summed E-state index contributed by atoms with van der Waals surface area (Å²) in [4.78, 5) is 0. The summed E-state index contributed by atoms with van der Waals surface area (Å²) >= 11 is 15.0. The average Bonchev–Trinajstić information content (AvgIpc) is 2.33. The molecule has 0 atom stereocenters. The van der Waals surface area contributed by atoms with E-state index in [1.54, 1.807) is 12.1 Å². The van der Waals surface area contributed by atoms with Crippen LogP contribution in [0.3, 0.4) is 0 Å². The summed E-state index contributed by atoms with van der Waals surface area (Å²) in [7, 11) is 0. The third kappa shape index (κ3) is 3.53. The zero-order chi connectivity index (χ0) is 14.0. The fraction of sp³-hybridized carbons (Fsp3) is 0.0769. The Morgan fingerprint density at radius 1 is 1.21 bits per heavy atom. The topological polar surface area (TPSA) is 32.3 Å².